The third-order valence-electron chi connectivity index (χ3n) is 3.63. The quantitative estimate of drug-likeness (QED) is 0.871. The van der Waals surface area contributed by atoms with Gasteiger partial charge in [-0.1, -0.05) is 13.0 Å². The molecule has 1 atom stereocenters. The number of hydrogen-bond donors (Lipinski definition) is 1. The number of hydrogen-bond acceptors (Lipinski definition) is 3. The third-order valence-corrected chi connectivity index (χ3v) is 3.63. The van der Waals surface area contributed by atoms with Gasteiger partial charge >= 0.3 is 0 Å². The summed E-state index contributed by atoms with van der Waals surface area (Å²) in [6, 6.07) is 2.01. The molecule has 0 radical (unpaired) electrons. The van der Waals surface area contributed by atoms with Gasteiger partial charge in [0.15, 0.2) is 0 Å². The van der Waals surface area contributed by atoms with Gasteiger partial charge in [0.1, 0.15) is 5.75 Å². The zero-order valence-electron chi connectivity index (χ0n) is 10.6. The van der Waals surface area contributed by atoms with E-state index in [9.17, 15) is 0 Å². The van der Waals surface area contributed by atoms with Crippen LogP contribution < -0.4 is 10.5 Å². The first kappa shape index (κ1) is 12.1. The lowest BCUT2D eigenvalue weighted by Crippen LogP contribution is -2.40. The Morgan fingerprint density at radius 2 is 2.35 bits per heavy atom. The molecule has 0 bridgehead atoms. The van der Waals surface area contributed by atoms with Gasteiger partial charge in [0.25, 0.3) is 0 Å². The van der Waals surface area contributed by atoms with Crippen LogP contribution in [0.3, 0.4) is 0 Å². The number of rotatable bonds is 3. The lowest BCUT2D eigenvalue weighted by atomic mass is 9.78. The summed E-state index contributed by atoms with van der Waals surface area (Å²) < 4.78 is 5.36. The molecule has 0 aliphatic heterocycles. The Morgan fingerprint density at radius 1 is 1.53 bits per heavy atom. The maximum absolute atomic E-state index is 6.38. The first-order chi connectivity index (χ1) is 8.18. The minimum Gasteiger partial charge on any atom is -0.495 e. The fourth-order valence-electron chi connectivity index (χ4n) is 2.39. The highest BCUT2D eigenvalue weighted by Gasteiger charge is 2.28. The molecule has 0 spiro atoms. The molecule has 0 amide bonds. The van der Waals surface area contributed by atoms with Crippen LogP contribution in [0.15, 0.2) is 24.5 Å². The molecule has 3 heteroatoms. The van der Waals surface area contributed by atoms with Crippen LogP contribution in [-0.4, -0.2) is 17.6 Å². The number of allylic oxidation sites excluding steroid dienone is 1. The number of nitrogens with two attached hydrogens (primary N) is 1. The summed E-state index contributed by atoms with van der Waals surface area (Å²) >= 11 is 0. The Morgan fingerprint density at radius 3 is 3.06 bits per heavy atom. The first-order valence-corrected chi connectivity index (χ1v) is 6.15. The summed E-state index contributed by atoms with van der Waals surface area (Å²) in [6.07, 6.45) is 9.89. The molecule has 3 nitrogen and oxygen atoms in total. The van der Waals surface area contributed by atoms with Crippen molar-refractivity contribution in [3.63, 3.8) is 0 Å². The van der Waals surface area contributed by atoms with Gasteiger partial charge in [-0.3, -0.25) is 4.98 Å². The van der Waals surface area contributed by atoms with Crippen LogP contribution in [0.5, 0.6) is 5.75 Å². The van der Waals surface area contributed by atoms with Crippen LogP contribution in [0.1, 0.15) is 38.2 Å². The van der Waals surface area contributed by atoms with Gasteiger partial charge in [-0.2, -0.15) is 0 Å². The van der Waals surface area contributed by atoms with Crippen molar-refractivity contribution in [2.75, 3.05) is 7.11 Å². The lowest BCUT2D eigenvalue weighted by Gasteiger charge is -2.33. The molecule has 1 aliphatic carbocycles. The van der Waals surface area contributed by atoms with E-state index in [0.717, 1.165) is 37.0 Å². The Bertz CT molecular complexity index is 428. The van der Waals surface area contributed by atoms with Gasteiger partial charge in [0.2, 0.25) is 0 Å². The normalized spacial score (nSPS) is 24.3. The van der Waals surface area contributed by atoms with E-state index in [1.807, 2.05) is 6.07 Å². The maximum Gasteiger partial charge on any atom is 0.144 e. The second-order valence-corrected chi connectivity index (χ2v) is 4.74. The van der Waals surface area contributed by atoms with Crippen molar-refractivity contribution in [1.29, 1.82) is 0 Å². The fraction of sp³-hybridized carbons (Fsp3) is 0.500. The SMILES string of the molecule is CCC1(N)CCC=C(c2ccncc2OC)C1. The predicted octanol–water partition coefficient (Wildman–Crippen LogP) is 2.77. The number of nitrogens with zero attached hydrogens (tertiary/aromatic N) is 1. The van der Waals surface area contributed by atoms with Crippen molar-refractivity contribution in [3.05, 3.63) is 30.1 Å². The summed E-state index contributed by atoms with van der Waals surface area (Å²) in [5.41, 5.74) is 8.74. The van der Waals surface area contributed by atoms with Crippen LogP contribution in [0, 0.1) is 0 Å². The molecule has 1 aromatic heterocycles. The minimum atomic E-state index is -0.0572. The van der Waals surface area contributed by atoms with Gasteiger partial charge in [0, 0.05) is 17.3 Å². The van der Waals surface area contributed by atoms with Crippen molar-refractivity contribution in [2.45, 2.75) is 38.1 Å². The lowest BCUT2D eigenvalue weighted by molar-refractivity contribution is 0.379. The van der Waals surface area contributed by atoms with Gasteiger partial charge in [-0.25, -0.2) is 0 Å². The fourth-order valence-corrected chi connectivity index (χ4v) is 2.39. The second-order valence-electron chi connectivity index (χ2n) is 4.74. The molecule has 2 rings (SSSR count). The monoisotopic (exact) mass is 232 g/mol. The minimum absolute atomic E-state index is 0.0572. The van der Waals surface area contributed by atoms with Gasteiger partial charge in [-0.15, -0.1) is 0 Å². The first-order valence-electron chi connectivity index (χ1n) is 6.15. The van der Waals surface area contributed by atoms with Crippen molar-refractivity contribution < 1.29 is 4.74 Å². The molecule has 1 aliphatic rings. The average Bonchev–Trinajstić information content (AvgIpc) is 2.39. The van der Waals surface area contributed by atoms with E-state index in [-0.39, 0.29) is 5.54 Å². The van der Waals surface area contributed by atoms with E-state index >= 15 is 0 Å². The third kappa shape index (κ3) is 2.50. The van der Waals surface area contributed by atoms with E-state index in [1.54, 1.807) is 19.5 Å². The molecule has 1 aromatic rings. The zero-order chi connectivity index (χ0) is 12.3. The molecule has 0 fully saturated rings. The molecular weight excluding hydrogens is 212 g/mol. The predicted molar refractivity (Wildman–Crippen MR) is 69.8 cm³/mol. The van der Waals surface area contributed by atoms with Crippen molar-refractivity contribution in [3.8, 4) is 5.75 Å². The largest absolute Gasteiger partial charge is 0.495 e. The number of aromatic nitrogens is 1. The van der Waals surface area contributed by atoms with Gasteiger partial charge < -0.3 is 10.5 Å². The number of methoxy groups -OCH3 is 1. The topological polar surface area (TPSA) is 48.1 Å². The van der Waals surface area contributed by atoms with Crippen molar-refractivity contribution in [2.24, 2.45) is 5.73 Å². The van der Waals surface area contributed by atoms with Crippen LogP contribution in [0.2, 0.25) is 0 Å². The Balaban J connectivity index is 2.31. The number of pyridine rings is 1. The van der Waals surface area contributed by atoms with Crippen molar-refractivity contribution in [1.82, 2.24) is 4.98 Å². The summed E-state index contributed by atoms with van der Waals surface area (Å²) in [5.74, 6) is 0.833. The summed E-state index contributed by atoms with van der Waals surface area (Å²) in [6.45, 7) is 2.16. The molecule has 0 aromatic carbocycles. The molecule has 17 heavy (non-hydrogen) atoms. The molecule has 1 heterocycles. The molecule has 0 saturated carbocycles. The van der Waals surface area contributed by atoms with Crippen molar-refractivity contribution >= 4 is 5.57 Å². The summed E-state index contributed by atoms with van der Waals surface area (Å²) in [5, 5.41) is 0. The molecule has 0 saturated heterocycles. The maximum atomic E-state index is 6.38. The molecular formula is C14H20N2O. The van der Waals surface area contributed by atoms with Crippen LogP contribution in [0.25, 0.3) is 5.57 Å². The van der Waals surface area contributed by atoms with E-state index in [2.05, 4.69) is 18.0 Å². The Labute approximate surface area is 103 Å². The highest BCUT2D eigenvalue weighted by molar-refractivity contribution is 5.71. The summed E-state index contributed by atoms with van der Waals surface area (Å²) in [4.78, 5) is 4.08. The van der Waals surface area contributed by atoms with E-state index in [1.165, 1.54) is 5.57 Å². The van der Waals surface area contributed by atoms with E-state index in [0.29, 0.717) is 0 Å². The van der Waals surface area contributed by atoms with Gasteiger partial charge in [0.05, 0.1) is 13.3 Å². The second kappa shape index (κ2) is 4.88. The van der Waals surface area contributed by atoms with E-state index in [4.69, 9.17) is 10.5 Å². The molecule has 1 unspecified atom stereocenters. The average molecular weight is 232 g/mol. The summed E-state index contributed by atoms with van der Waals surface area (Å²) in [7, 11) is 1.68. The van der Waals surface area contributed by atoms with E-state index < -0.39 is 0 Å². The Hall–Kier alpha value is -1.35. The van der Waals surface area contributed by atoms with Crippen LogP contribution in [0.4, 0.5) is 0 Å². The van der Waals surface area contributed by atoms with Gasteiger partial charge in [-0.05, 0) is 37.3 Å². The van der Waals surface area contributed by atoms with Crippen LogP contribution in [-0.2, 0) is 0 Å². The number of ether oxygens (including phenoxy) is 1. The highest BCUT2D eigenvalue weighted by Crippen LogP contribution is 2.37. The molecule has 92 valence electrons. The highest BCUT2D eigenvalue weighted by atomic mass is 16.5. The Kier molecular flexibility index (Phi) is 3.48. The molecule has 2 N–H and O–H groups in total. The zero-order valence-corrected chi connectivity index (χ0v) is 10.6. The van der Waals surface area contributed by atoms with Crippen LogP contribution >= 0.6 is 0 Å². The smallest absolute Gasteiger partial charge is 0.144 e. The standard InChI is InChI=1S/C14H20N2O/c1-3-14(15)7-4-5-11(9-14)12-6-8-16-10-13(12)17-2/h5-6,8,10H,3-4,7,9,15H2,1-2H3.